The number of carboxylic acids is 1. The smallest absolute Gasteiger partial charge is 0.335 e. The topological polar surface area (TPSA) is 109 Å². The van der Waals surface area contributed by atoms with E-state index in [2.05, 4.69) is 19.2 Å². The molecule has 23 heavy (non-hydrogen) atoms. The van der Waals surface area contributed by atoms with E-state index in [0.717, 1.165) is 6.42 Å². The van der Waals surface area contributed by atoms with Gasteiger partial charge in [0.15, 0.2) is 0 Å². The SMILES string of the molecule is CCCNCCC.CCCc1cc(S(N)(=O)=O)ccc1C(=O)O. The molecule has 0 bridgehead atoms. The number of carbonyl (C=O) groups is 1. The quantitative estimate of drug-likeness (QED) is 0.627. The lowest BCUT2D eigenvalue weighted by molar-refractivity contribution is 0.0695. The number of hydrogen-bond acceptors (Lipinski definition) is 4. The van der Waals surface area contributed by atoms with Gasteiger partial charge in [0.25, 0.3) is 0 Å². The van der Waals surface area contributed by atoms with Gasteiger partial charge in [0.2, 0.25) is 10.0 Å². The van der Waals surface area contributed by atoms with Crippen molar-refractivity contribution >= 4 is 16.0 Å². The zero-order chi connectivity index (χ0) is 17.9. The van der Waals surface area contributed by atoms with Gasteiger partial charge in [-0.3, -0.25) is 0 Å². The summed E-state index contributed by atoms with van der Waals surface area (Å²) in [4.78, 5) is 10.8. The second kappa shape index (κ2) is 11.2. The highest BCUT2D eigenvalue weighted by Gasteiger charge is 2.14. The van der Waals surface area contributed by atoms with E-state index >= 15 is 0 Å². The molecule has 7 heteroatoms. The van der Waals surface area contributed by atoms with Gasteiger partial charge in [0.1, 0.15) is 0 Å². The Morgan fingerprint density at radius 1 is 1.13 bits per heavy atom. The van der Waals surface area contributed by atoms with E-state index in [0.29, 0.717) is 12.0 Å². The Labute approximate surface area is 139 Å². The maximum Gasteiger partial charge on any atom is 0.335 e. The minimum Gasteiger partial charge on any atom is -0.478 e. The molecule has 0 unspecified atom stereocenters. The fourth-order valence-corrected chi connectivity index (χ4v) is 2.47. The van der Waals surface area contributed by atoms with Crippen LogP contribution >= 0.6 is 0 Å². The number of aromatic carboxylic acids is 1. The first-order valence-electron chi connectivity index (χ1n) is 7.87. The summed E-state index contributed by atoms with van der Waals surface area (Å²) in [6.45, 7) is 8.60. The lowest BCUT2D eigenvalue weighted by atomic mass is 10.0. The zero-order valence-electron chi connectivity index (χ0n) is 14.1. The van der Waals surface area contributed by atoms with Gasteiger partial charge in [-0.25, -0.2) is 18.4 Å². The van der Waals surface area contributed by atoms with Crippen molar-refractivity contribution in [1.29, 1.82) is 0 Å². The van der Waals surface area contributed by atoms with Crippen LogP contribution in [-0.2, 0) is 16.4 Å². The van der Waals surface area contributed by atoms with Crippen LogP contribution in [-0.4, -0.2) is 32.6 Å². The summed E-state index contributed by atoms with van der Waals surface area (Å²) in [6, 6.07) is 3.80. The number of rotatable bonds is 8. The third-order valence-electron chi connectivity index (χ3n) is 3.01. The lowest BCUT2D eigenvalue weighted by Gasteiger charge is -2.06. The number of nitrogens with two attached hydrogens (primary N) is 1. The summed E-state index contributed by atoms with van der Waals surface area (Å²) >= 11 is 0. The maximum atomic E-state index is 11.1. The standard InChI is InChI=1S/C10H13NO4S.C6H15N/c1-2-3-7-6-8(16(11,14)15)4-5-9(7)10(12)13;1-3-5-7-6-4-2/h4-6H,2-3H2,1H3,(H,12,13)(H2,11,14,15);7H,3-6H2,1-2H3. The van der Waals surface area contributed by atoms with Crippen molar-refractivity contribution in [3.05, 3.63) is 29.3 Å². The molecule has 0 amide bonds. The van der Waals surface area contributed by atoms with E-state index < -0.39 is 16.0 Å². The van der Waals surface area contributed by atoms with Crippen LogP contribution < -0.4 is 10.5 Å². The maximum absolute atomic E-state index is 11.1. The molecular weight excluding hydrogens is 316 g/mol. The molecular formula is C16H28N2O4S. The molecule has 0 fully saturated rings. The van der Waals surface area contributed by atoms with Crippen molar-refractivity contribution in [2.45, 2.75) is 51.3 Å². The molecule has 1 aromatic rings. The zero-order valence-corrected chi connectivity index (χ0v) is 14.9. The van der Waals surface area contributed by atoms with Crippen LogP contribution in [0.3, 0.4) is 0 Å². The summed E-state index contributed by atoms with van der Waals surface area (Å²) in [7, 11) is -3.78. The number of primary sulfonamides is 1. The number of hydrogen-bond donors (Lipinski definition) is 3. The third-order valence-corrected chi connectivity index (χ3v) is 3.92. The predicted octanol–water partition coefficient (Wildman–Crippen LogP) is 2.38. The molecule has 0 spiro atoms. The Morgan fingerprint density at radius 3 is 2.09 bits per heavy atom. The first kappa shape index (κ1) is 21.6. The second-order valence-corrected chi connectivity index (χ2v) is 6.73. The molecule has 1 aromatic carbocycles. The normalized spacial score (nSPS) is 10.8. The van der Waals surface area contributed by atoms with Gasteiger partial charge in [-0.15, -0.1) is 0 Å². The molecule has 0 aliphatic heterocycles. The molecule has 0 aliphatic rings. The van der Waals surface area contributed by atoms with Crippen LogP contribution in [0.2, 0.25) is 0 Å². The van der Waals surface area contributed by atoms with Crippen LogP contribution in [0.5, 0.6) is 0 Å². The average molecular weight is 344 g/mol. The molecule has 0 radical (unpaired) electrons. The molecule has 4 N–H and O–H groups in total. The van der Waals surface area contributed by atoms with Crippen LogP contribution in [0.15, 0.2) is 23.1 Å². The van der Waals surface area contributed by atoms with E-state index in [-0.39, 0.29) is 10.5 Å². The van der Waals surface area contributed by atoms with Crippen molar-refractivity contribution in [3.63, 3.8) is 0 Å². The number of sulfonamides is 1. The van der Waals surface area contributed by atoms with Gasteiger partial charge in [-0.2, -0.15) is 0 Å². The Balaban J connectivity index is 0.000000585. The molecule has 6 nitrogen and oxygen atoms in total. The minimum absolute atomic E-state index is 0.0547. The van der Waals surface area contributed by atoms with Crippen LogP contribution in [0.4, 0.5) is 0 Å². The monoisotopic (exact) mass is 344 g/mol. The molecule has 0 aromatic heterocycles. The van der Waals surface area contributed by atoms with Crippen LogP contribution in [0.25, 0.3) is 0 Å². The minimum atomic E-state index is -3.78. The Kier molecular flexibility index (Phi) is 10.5. The van der Waals surface area contributed by atoms with E-state index in [1.807, 2.05) is 6.92 Å². The lowest BCUT2D eigenvalue weighted by Crippen LogP contribution is -2.14. The summed E-state index contributed by atoms with van der Waals surface area (Å²) in [5, 5.41) is 17.2. The van der Waals surface area contributed by atoms with Gasteiger partial charge >= 0.3 is 5.97 Å². The highest BCUT2D eigenvalue weighted by Crippen LogP contribution is 2.17. The molecule has 1 rings (SSSR count). The number of benzene rings is 1. The molecule has 0 saturated carbocycles. The van der Waals surface area contributed by atoms with Crippen molar-refractivity contribution in [3.8, 4) is 0 Å². The van der Waals surface area contributed by atoms with Crippen LogP contribution in [0, 0.1) is 0 Å². The van der Waals surface area contributed by atoms with Crippen molar-refractivity contribution < 1.29 is 18.3 Å². The first-order chi connectivity index (χ1) is 10.8. The molecule has 0 aliphatic carbocycles. The van der Waals surface area contributed by atoms with Crippen molar-refractivity contribution in [1.82, 2.24) is 5.32 Å². The van der Waals surface area contributed by atoms with Crippen molar-refractivity contribution in [2.24, 2.45) is 5.14 Å². The van der Waals surface area contributed by atoms with Gasteiger partial charge in [-0.05, 0) is 56.1 Å². The largest absolute Gasteiger partial charge is 0.478 e. The van der Waals surface area contributed by atoms with E-state index in [1.165, 1.54) is 44.1 Å². The molecule has 0 saturated heterocycles. The third kappa shape index (κ3) is 8.68. The summed E-state index contributed by atoms with van der Waals surface area (Å²) in [6.07, 6.45) is 3.74. The number of aryl methyl sites for hydroxylation is 1. The average Bonchev–Trinajstić information content (AvgIpc) is 2.47. The first-order valence-corrected chi connectivity index (χ1v) is 9.42. The summed E-state index contributed by atoms with van der Waals surface area (Å²) < 4.78 is 22.2. The Hall–Kier alpha value is -1.44. The molecule has 0 atom stereocenters. The van der Waals surface area contributed by atoms with E-state index in [4.69, 9.17) is 10.2 Å². The van der Waals surface area contributed by atoms with Gasteiger partial charge in [0, 0.05) is 0 Å². The molecule has 0 heterocycles. The Morgan fingerprint density at radius 2 is 1.70 bits per heavy atom. The molecule has 132 valence electrons. The van der Waals surface area contributed by atoms with Gasteiger partial charge in [-0.1, -0.05) is 27.2 Å². The predicted molar refractivity (Wildman–Crippen MR) is 92.2 cm³/mol. The van der Waals surface area contributed by atoms with Crippen LogP contribution in [0.1, 0.15) is 56.0 Å². The fourth-order valence-electron chi connectivity index (χ4n) is 1.91. The van der Waals surface area contributed by atoms with E-state index in [9.17, 15) is 13.2 Å². The Bertz CT molecular complexity index is 582. The summed E-state index contributed by atoms with van der Waals surface area (Å²) in [5.74, 6) is -1.07. The highest BCUT2D eigenvalue weighted by atomic mass is 32.2. The van der Waals surface area contributed by atoms with Gasteiger partial charge < -0.3 is 10.4 Å². The highest BCUT2D eigenvalue weighted by molar-refractivity contribution is 7.89. The van der Waals surface area contributed by atoms with Crippen molar-refractivity contribution in [2.75, 3.05) is 13.1 Å². The van der Waals surface area contributed by atoms with E-state index in [1.54, 1.807) is 0 Å². The summed E-state index contributed by atoms with van der Waals surface area (Å²) in [5.41, 5.74) is 0.607. The number of nitrogens with one attached hydrogen (secondary N) is 1. The number of carboxylic acid groups (broad SMARTS) is 1. The van der Waals surface area contributed by atoms with Gasteiger partial charge in [0.05, 0.1) is 10.5 Å². The second-order valence-electron chi connectivity index (χ2n) is 5.17. The fraction of sp³-hybridized carbons (Fsp3) is 0.562.